The number of aryl methyl sites for hydroxylation is 2. The number of rotatable bonds is 5. The van der Waals surface area contributed by atoms with Crippen LogP contribution in [0.15, 0.2) is 24.5 Å². The van der Waals surface area contributed by atoms with Crippen LogP contribution in [0, 0.1) is 13.8 Å². The second kappa shape index (κ2) is 6.94. The van der Waals surface area contributed by atoms with Crippen LogP contribution in [-0.4, -0.2) is 35.0 Å². The number of carbonyl (C=O) groups is 2. The van der Waals surface area contributed by atoms with Gasteiger partial charge in [-0.15, -0.1) is 11.3 Å². The average molecular weight is 305 g/mol. The summed E-state index contributed by atoms with van der Waals surface area (Å²) in [5.74, 6) is -0.630. The van der Waals surface area contributed by atoms with E-state index < -0.39 is 5.97 Å². The first kappa shape index (κ1) is 15.1. The van der Waals surface area contributed by atoms with Crippen LogP contribution in [-0.2, 0) is 4.74 Å². The summed E-state index contributed by atoms with van der Waals surface area (Å²) in [7, 11) is 0. The van der Waals surface area contributed by atoms with Crippen LogP contribution in [0.5, 0.6) is 0 Å². The van der Waals surface area contributed by atoms with Crippen molar-refractivity contribution in [2.45, 2.75) is 13.8 Å². The van der Waals surface area contributed by atoms with E-state index in [9.17, 15) is 9.59 Å². The van der Waals surface area contributed by atoms with E-state index in [2.05, 4.69) is 15.3 Å². The van der Waals surface area contributed by atoms with Crippen molar-refractivity contribution >= 4 is 23.2 Å². The molecule has 0 aliphatic rings. The lowest BCUT2D eigenvalue weighted by Crippen LogP contribution is -2.28. The fraction of sp³-hybridized carbons (Fsp3) is 0.286. The maximum absolute atomic E-state index is 11.8. The number of nitrogens with zero attached hydrogens (tertiary/aromatic N) is 2. The Morgan fingerprint density at radius 3 is 2.62 bits per heavy atom. The van der Waals surface area contributed by atoms with E-state index in [1.165, 1.54) is 11.3 Å². The molecule has 2 aromatic rings. The Bertz CT molecular complexity index is 640. The lowest BCUT2D eigenvalue weighted by Gasteiger charge is -2.06. The Kier molecular flexibility index (Phi) is 4.99. The molecule has 0 atom stereocenters. The van der Waals surface area contributed by atoms with Crippen molar-refractivity contribution in [1.29, 1.82) is 0 Å². The van der Waals surface area contributed by atoms with Crippen molar-refractivity contribution in [1.82, 2.24) is 15.3 Å². The molecule has 0 bridgehead atoms. The zero-order chi connectivity index (χ0) is 15.2. The van der Waals surface area contributed by atoms with Crippen LogP contribution in [0.2, 0.25) is 0 Å². The SMILES string of the molecule is Cc1nc(C)c(C(=O)OCCNC(=O)c2ccncc2)s1. The number of ether oxygens (including phenoxy) is 1. The minimum absolute atomic E-state index is 0.117. The number of amides is 1. The Hall–Kier alpha value is -2.28. The van der Waals surface area contributed by atoms with Gasteiger partial charge in [0.15, 0.2) is 0 Å². The highest BCUT2D eigenvalue weighted by Crippen LogP contribution is 2.17. The van der Waals surface area contributed by atoms with Crippen molar-refractivity contribution in [3.63, 3.8) is 0 Å². The molecule has 110 valence electrons. The van der Waals surface area contributed by atoms with E-state index >= 15 is 0 Å². The van der Waals surface area contributed by atoms with Gasteiger partial charge in [0.05, 0.1) is 17.2 Å². The highest BCUT2D eigenvalue weighted by atomic mass is 32.1. The van der Waals surface area contributed by atoms with Crippen LogP contribution in [0.3, 0.4) is 0 Å². The van der Waals surface area contributed by atoms with Crippen LogP contribution in [0.1, 0.15) is 30.7 Å². The Morgan fingerprint density at radius 1 is 1.29 bits per heavy atom. The number of hydrogen-bond donors (Lipinski definition) is 1. The molecule has 1 N–H and O–H groups in total. The summed E-state index contributed by atoms with van der Waals surface area (Å²) in [6.07, 6.45) is 3.09. The molecule has 0 aromatic carbocycles. The Labute approximate surface area is 126 Å². The van der Waals surface area contributed by atoms with Crippen LogP contribution in [0.25, 0.3) is 0 Å². The Balaban J connectivity index is 1.76. The second-order valence-corrected chi connectivity index (χ2v) is 5.48. The van der Waals surface area contributed by atoms with Crippen molar-refractivity contribution in [3.05, 3.63) is 45.7 Å². The van der Waals surface area contributed by atoms with Crippen molar-refractivity contribution < 1.29 is 14.3 Å². The highest BCUT2D eigenvalue weighted by molar-refractivity contribution is 7.13. The third-order valence-electron chi connectivity index (χ3n) is 2.65. The molecule has 0 saturated heterocycles. The van der Waals surface area contributed by atoms with Gasteiger partial charge in [-0.3, -0.25) is 9.78 Å². The average Bonchev–Trinajstić information content (AvgIpc) is 2.83. The number of nitrogens with one attached hydrogen (secondary N) is 1. The molecule has 0 spiro atoms. The van der Waals surface area contributed by atoms with Gasteiger partial charge in [-0.2, -0.15) is 0 Å². The van der Waals surface area contributed by atoms with Gasteiger partial charge in [0.2, 0.25) is 0 Å². The molecule has 6 nitrogen and oxygen atoms in total. The molecule has 1 amide bonds. The zero-order valence-corrected chi connectivity index (χ0v) is 12.6. The molecule has 0 aliphatic heterocycles. The van der Waals surface area contributed by atoms with E-state index in [-0.39, 0.29) is 19.1 Å². The van der Waals surface area contributed by atoms with Gasteiger partial charge in [0, 0.05) is 18.0 Å². The summed E-state index contributed by atoms with van der Waals surface area (Å²) >= 11 is 1.30. The van der Waals surface area contributed by atoms with Crippen molar-refractivity contribution in [2.75, 3.05) is 13.2 Å². The first-order chi connectivity index (χ1) is 10.1. The number of thiazole rings is 1. The third kappa shape index (κ3) is 4.09. The molecule has 21 heavy (non-hydrogen) atoms. The molecule has 0 saturated carbocycles. The van der Waals surface area contributed by atoms with E-state index in [4.69, 9.17) is 4.74 Å². The zero-order valence-electron chi connectivity index (χ0n) is 11.8. The third-order valence-corrected chi connectivity index (χ3v) is 3.71. The maximum Gasteiger partial charge on any atom is 0.350 e. The first-order valence-corrected chi connectivity index (χ1v) is 7.19. The fourth-order valence-corrected chi connectivity index (χ4v) is 2.51. The Morgan fingerprint density at radius 2 is 2.00 bits per heavy atom. The molecule has 2 aromatic heterocycles. The van der Waals surface area contributed by atoms with Gasteiger partial charge < -0.3 is 10.1 Å². The summed E-state index contributed by atoms with van der Waals surface area (Å²) in [6, 6.07) is 3.23. The van der Waals surface area contributed by atoms with Gasteiger partial charge in [-0.25, -0.2) is 9.78 Å². The molecule has 0 fully saturated rings. The lowest BCUT2D eigenvalue weighted by molar-refractivity contribution is 0.0507. The van der Waals surface area contributed by atoms with Gasteiger partial charge in [-0.1, -0.05) is 0 Å². The van der Waals surface area contributed by atoms with E-state index in [1.54, 1.807) is 31.5 Å². The molecule has 0 radical (unpaired) electrons. The normalized spacial score (nSPS) is 10.2. The lowest BCUT2D eigenvalue weighted by atomic mass is 10.2. The van der Waals surface area contributed by atoms with Crippen LogP contribution >= 0.6 is 11.3 Å². The minimum Gasteiger partial charge on any atom is -0.460 e. The quantitative estimate of drug-likeness (QED) is 0.672. The van der Waals surface area contributed by atoms with Crippen molar-refractivity contribution in [3.8, 4) is 0 Å². The van der Waals surface area contributed by atoms with E-state index in [1.807, 2.05) is 6.92 Å². The van der Waals surface area contributed by atoms with Crippen molar-refractivity contribution in [2.24, 2.45) is 0 Å². The molecular weight excluding hydrogens is 290 g/mol. The monoisotopic (exact) mass is 305 g/mol. The van der Waals surface area contributed by atoms with Gasteiger partial charge in [-0.05, 0) is 26.0 Å². The number of pyridine rings is 1. The molecule has 0 unspecified atom stereocenters. The molecular formula is C14H15N3O3S. The topological polar surface area (TPSA) is 81.2 Å². The fourth-order valence-electron chi connectivity index (χ4n) is 1.70. The second-order valence-electron chi connectivity index (χ2n) is 4.28. The first-order valence-electron chi connectivity index (χ1n) is 6.37. The molecule has 2 rings (SSSR count). The summed E-state index contributed by atoms with van der Waals surface area (Å²) in [4.78, 5) is 32.1. The number of esters is 1. The predicted molar refractivity (Wildman–Crippen MR) is 78.4 cm³/mol. The standard InChI is InChI=1S/C14H15N3O3S/c1-9-12(21-10(2)17-9)14(19)20-8-7-16-13(18)11-3-5-15-6-4-11/h3-6H,7-8H2,1-2H3,(H,16,18). The molecule has 7 heteroatoms. The summed E-state index contributed by atoms with van der Waals surface area (Å²) in [5, 5.41) is 3.49. The smallest absolute Gasteiger partial charge is 0.350 e. The van der Waals surface area contributed by atoms with E-state index in [0.717, 1.165) is 5.01 Å². The van der Waals surface area contributed by atoms with Crippen LogP contribution < -0.4 is 5.32 Å². The highest BCUT2D eigenvalue weighted by Gasteiger charge is 2.15. The predicted octanol–water partition coefficient (Wildman–Crippen LogP) is 1.74. The van der Waals surface area contributed by atoms with Gasteiger partial charge in [0.1, 0.15) is 11.5 Å². The summed E-state index contributed by atoms with van der Waals surface area (Å²) in [6.45, 7) is 3.98. The largest absolute Gasteiger partial charge is 0.460 e. The van der Waals surface area contributed by atoms with Gasteiger partial charge >= 0.3 is 5.97 Å². The summed E-state index contributed by atoms with van der Waals surface area (Å²) in [5.41, 5.74) is 1.19. The van der Waals surface area contributed by atoms with E-state index in [0.29, 0.717) is 16.1 Å². The van der Waals surface area contributed by atoms with Gasteiger partial charge in [0.25, 0.3) is 5.91 Å². The molecule has 0 aliphatic carbocycles. The number of aromatic nitrogens is 2. The van der Waals surface area contributed by atoms with Crippen LogP contribution in [0.4, 0.5) is 0 Å². The minimum atomic E-state index is -0.406. The maximum atomic E-state index is 11.8. The summed E-state index contributed by atoms with van der Waals surface area (Å²) < 4.78 is 5.11. The number of hydrogen-bond acceptors (Lipinski definition) is 6. The number of carbonyl (C=O) groups excluding carboxylic acids is 2. The molecule has 2 heterocycles.